The van der Waals surface area contributed by atoms with Crippen molar-refractivity contribution in [2.75, 3.05) is 20.3 Å². The number of hydrogen-bond donors (Lipinski definition) is 0. The van der Waals surface area contributed by atoms with Crippen molar-refractivity contribution in [2.24, 2.45) is 4.99 Å². The number of carbonyl (C=O) groups is 1. The molecule has 0 radical (unpaired) electrons. The van der Waals surface area contributed by atoms with Crippen LogP contribution in [-0.4, -0.2) is 30.9 Å². The van der Waals surface area contributed by atoms with Gasteiger partial charge in [-0.15, -0.1) is 0 Å². The molecule has 5 rings (SSSR count). The number of hydrogen-bond acceptors (Lipinski definition) is 8. The summed E-state index contributed by atoms with van der Waals surface area (Å²) in [6.07, 6.45) is 1.72. The van der Waals surface area contributed by atoms with Gasteiger partial charge in [0.05, 0.1) is 40.0 Å². The second-order valence-corrected chi connectivity index (χ2v) is 11.3. The molecule has 1 aliphatic rings. The first-order valence-corrected chi connectivity index (χ1v) is 14.8. The zero-order valence-electron chi connectivity index (χ0n) is 22.5. The summed E-state index contributed by atoms with van der Waals surface area (Å²) in [7, 11) is 1.49. The van der Waals surface area contributed by atoms with E-state index in [1.165, 1.54) is 23.0 Å². The number of thiazole rings is 1. The largest absolute Gasteiger partial charge is 0.493 e. The predicted octanol–water partition coefficient (Wildman–Crippen LogP) is 5.26. The Morgan fingerprint density at radius 1 is 1.19 bits per heavy atom. The fourth-order valence-electron chi connectivity index (χ4n) is 4.62. The summed E-state index contributed by atoms with van der Waals surface area (Å²) in [5.74, 6) is 0.219. The van der Waals surface area contributed by atoms with Crippen molar-refractivity contribution in [1.82, 2.24) is 4.57 Å². The van der Waals surface area contributed by atoms with Crippen LogP contribution in [-0.2, 0) is 9.53 Å². The molecule has 1 aromatic heterocycles. The van der Waals surface area contributed by atoms with Crippen LogP contribution in [0.4, 0.5) is 0 Å². The number of carbonyl (C=O) groups excluding carboxylic acids is 1. The van der Waals surface area contributed by atoms with Crippen molar-refractivity contribution in [3.05, 3.63) is 118 Å². The third-order valence-electron chi connectivity index (χ3n) is 6.39. The Labute approximate surface area is 258 Å². The number of ether oxygens (including phenoxy) is 3. The lowest BCUT2D eigenvalue weighted by atomic mass is 9.93. The van der Waals surface area contributed by atoms with E-state index in [2.05, 4.69) is 15.9 Å². The first-order chi connectivity index (χ1) is 20.4. The molecule has 0 unspecified atom stereocenters. The molecule has 0 saturated carbocycles. The number of aromatic nitrogens is 1. The van der Waals surface area contributed by atoms with Crippen LogP contribution in [0.25, 0.3) is 11.8 Å². The van der Waals surface area contributed by atoms with Crippen molar-refractivity contribution in [3.63, 3.8) is 0 Å². The molecule has 212 valence electrons. The minimum Gasteiger partial charge on any atom is -0.493 e. The van der Waals surface area contributed by atoms with E-state index in [0.29, 0.717) is 47.2 Å². The SMILES string of the molecule is CCOC(=O)C1=C(c2ccccc2)N=c2s/c(=C\c3cc(Br)c(OCC#N)c(OC)c3)c(=O)n2[C@@H]1c1ccc(Cl)cc1. The van der Waals surface area contributed by atoms with Crippen molar-refractivity contribution in [3.8, 4) is 17.6 Å². The Morgan fingerprint density at radius 2 is 1.93 bits per heavy atom. The van der Waals surface area contributed by atoms with Crippen LogP contribution in [0, 0.1) is 11.3 Å². The topological polar surface area (TPSA) is 103 Å². The number of methoxy groups -OCH3 is 1. The third-order valence-corrected chi connectivity index (χ3v) is 8.21. The van der Waals surface area contributed by atoms with Crippen LogP contribution in [0.3, 0.4) is 0 Å². The van der Waals surface area contributed by atoms with Crippen molar-refractivity contribution >= 4 is 56.6 Å². The quantitative estimate of drug-likeness (QED) is 0.238. The van der Waals surface area contributed by atoms with Gasteiger partial charge in [-0.05, 0) is 64.3 Å². The van der Waals surface area contributed by atoms with E-state index in [0.717, 1.165) is 5.56 Å². The van der Waals surface area contributed by atoms with Crippen molar-refractivity contribution in [2.45, 2.75) is 13.0 Å². The van der Waals surface area contributed by atoms with E-state index in [1.54, 1.807) is 49.4 Å². The summed E-state index contributed by atoms with van der Waals surface area (Å²) >= 11 is 10.9. The van der Waals surface area contributed by atoms with E-state index in [4.69, 9.17) is 36.1 Å². The molecule has 4 aromatic rings. The number of nitrogens with zero attached hydrogens (tertiary/aromatic N) is 3. The van der Waals surface area contributed by atoms with E-state index >= 15 is 0 Å². The molecule has 0 bridgehead atoms. The first-order valence-electron chi connectivity index (χ1n) is 12.8. The Morgan fingerprint density at radius 3 is 2.60 bits per heavy atom. The number of fused-ring (bicyclic) bond motifs is 1. The van der Waals surface area contributed by atoms with Gasteiger partial charge >= 0.3 is 5.97 Å². The third kappa shape index (κ3) is 5.77. The molecule has 0 saturated heterocycles. The zero-order chi connectivity index (χ0) is 29.8. The Bertz CT molecular complexity index is 1910. The molecule has 0 N–H and O–H groups in total. The van der Waals surface area contributed by atoms with Gasteiger partial charge in [0.15, 0.2) is 22.9 Å². The average Bonchev–Trinajstić information content (AvgIpc) is 3.30. The number of halogens is 2. The molecule has 8 nitrogen and oxygen atoms in total. The van der Waals surface area contributed by atoms with Gasteiger partial charge in [-0.2, -0.15) is 5.26 Å². The number of esters is 1. The summed E-state index contributed by atoms with van der Waals surface area (Å²) in [5.41, 5.74) is 2.43. The number of nitriles is 1. The van der Waals surface area contributed by atoms with E-state index in [1.807, 2.05) is 36.4 Å². The molecule has 0 aliphatic carbocycles. The second kappa shape index (κ2) is 12.8. The predicted molar refractivity (Wildman–Crippen MR) is 164 cm³/mol. The van der Waals surface area contributed by atoms with Crippen LogP contribution in [0.2, 0.25) is 5.02 Å². The van der Waals surface area contributed by atoms with Crippen LogP contribution in [0.5, 0.6) is 11.5 Å². The van der Waals surface area contributed by atoms with Gasteiger partial charge in [-0.25, -0.2) is 9.79 Å². The van der Waals surface area contributed by atoms with Gasteiger partial charge in [-0.3, -0.25) is 9.36 Å². The molecule has 0 amide bonds. The highest BCUT2D eigenvalue weighted by atomic mass is 79.9. The summed E-state index contributed by atoms with van der Waals surface area (Å²) in [6.45, 7) is 1.74. The fraction of sp³-hybridized carbons (Fsp3) is 0.161. The lowest BCUT2D eigenvalue weighted by Crippen LogP contribution is -2.40. The summed E-state index contributed by atoms with van der Waals surface area (Å²) in [4.78, 5) is 32.9. The van der Waals surface area contributed by atoms with Gasteiger partial charge in [0.25, 0.3) is 5.56 Å². The molecular weight excluding hydrogens is 642 g/mol. The zero-order valence-corrected chi connectivity index (χ0v) is 25.6. The summed E-state index contributed by atoms with van der Waals surface area (Å²) in [5, 5.41) is 9.44. The molecule has 1 atom stereocenters. The molecule has 2 heterocycles. The molecular formula is C31H23BrClN3O5S. The minimum absolute atomic E-state index is 0.149. The molecule has 11 heteroatoms. The Balaban J connectivity index is 1.77. The van der Waals surface area contributed by atoms with Gasteiger partial charge in [0.1, 0.15) is 6.07 Å². The standard InChI is InChI=1S/C31H23BrClN3O5S/c1-3-40-30(38)25-26(19-7-5-4-6-8-19)35-31-36(27(25)20-9-11-21(33)12-10-20)29(37)24(42-31)17-18-15-22(32)28(41-14-13-34)23(16-18)39-2/h4-12,15-17,27H,3,14H2,1-2H3/b24-17-/t27-/m1/s1. The normalized spacial score (nSPS) is 14.5. The van der Waals surface area contributed by atoms with Crippen molar-refractivity contribution in [1.29, 1.82) is 5.26 Å². The van der Waals surface area contributed by atoms with Crippen LogP contribution >= 0.6 is 38.9 Å². The highest BCUT2D eigenvalue weighted by molar-refractivity contribution is 9.10. The van der Waals surface area contributed by atoms with Gasteiger partial charge in [0, 0.05) is 10.6 Å². The van der Waals surface area contributed by atoms with Crippen LogP contribution < -0.4 is 24.4 Å². The monoisotopic (exact) mass is 663 g/mol. The second-order valence-electron chi connectivity index (χ2n) is 8.96. The smallest absolute Gasteiger partial charge is 0.338 e. The maximum Gasteiger partial charge on any atom is 0.338 e. The first kappa shape index (κ1) is 29.3. The maximum atomic E-state index is 14.1. The number of benzene rings is 3. The van der Waals surface area contributed by atoms with Gasteiger partial charge < -0.3 is 14.2 Å². The highest BCUT2D eigenvalue weighted by Gasteiger charge is 2.35. The summed E-state index contributed by atoms with van der Waals surface area (Å²) in [6, 6.07) is 21.0. The highest BCUT2D eigenvalue weighted by Crippen LogP contribution is 2.37. The Kier molecular flexibility index (Phi) is 8.92. The lowest BCUT2D eigenvalue weighted by Gasteiger charge is -2.25. The molecule has 42 heavy (non-hydrogen) atoms. The molecule has 3 aromatic carbocycles. The van der Waals surface area contributed by atoms with E-state index in [-0.39, 0.29) is 24.3 Å². The average molecular weight is 665 g/mol. The van der Waals surface area contributed by atoms with Gasteiger partial charge in [-0.1, -0.05) is 65.4 Å². The minimum atomic E-state index is -0.807. The Hall–Kier alpha value is -4.17. The lowest BCUT2D eigenvalue weighted by molar-refractivity contribution is -0.138. The van der Waals surface area contributed by atoms with E-state index in [9.17, 15) is 9.59 Å². The maximum absolute atomic E-state index is 14.1. The molecule has 0 spiro atoms. The fourth-order valence-corrected chi connectivity index (χ4v) is 6.32. The molecule has 1 aliphatic heterocycles. The van der Waals surface area contributed by atoms with Crippen LogP contribution in [0.1, 0.15) is 29.7 Å². The van der Waals surface area contributed by atoms with E-state index < -0.39 is 12.0 Å². The van der Waals surface area contributed by atoms with Gasteiger partial charge in [0.2, 0.25) is 0 Å². The molecule has 0 fully saturated rings. The summed E-state index contributed by atoms with van der Waals surface area (Å²) < 4.78 is 18.9. The number of rotatable bonds is 8. The van der Waals surface area contributed by atoms with Crippen molar-refractivity contribution < 1.29 is 19.0 Å². The van der Waals surface area contributed by atoms with Crippen LogP contribution in [0.15, 0.2) is 86.6 Å².